The quantitative estimate of drug-likeness (QED) is 0.872. The highest BCUT2D eigenvalue weighted by atomic mass is 79.9. The second-order valence-electron chi connectivity index (χ2n) is 4.72. The molecule has 0 aliphatic rings. The Kier molecular flexibility index (Phi) is 5.46. The Morgan fingerprint density at radius 3 is 2.55 bits per heavy atom. The van der Waals surface area contributed by atoms with Gasteiger partial charge in [0, 0.05) is 15.5 Å². The van der Waals surface area contributed by atoms with Crippen molar-refractivity contribution in [1.29, 1.82) is 0 Å². The van der Waals surface area contributed by atoms with E-state index in [0.717, 1.165) is 39.2 Å². The van der Waals surface area contributed by atoms with E-state index in [4.69, 9.17) is 22.1 Å². The molecule has 0 aromatic heterocycles. The molecule has 0 spiro atoms. The van der Waals surface area contributed by atoms with Crippen molar-refractivity contribution in [3.8, 4) is 5.75 Å². The van der Waals surface area contributed by atoms with E-state index in [9.17, 15) is 0 Å². The second kappa shape index (κ2) is 7.11. The molecular weight excluding hydrogens is 338 g/mol. The van der Waals surface area contributed by atoms with Gasteiger partial charge in [0.1, 0.15) is 5.75 Å². The topological polar surface area (TPSA) is 35.2 Å². The van der Waals surface area contributed by atoms with Gasteiger partial charge in [-0.1, -0.05) is 51.8 Å². The Labute approximate surface area is 133 Å². The Balaban J connectivity index is 2.07. The van der Waals surface area contributed by atoms with E-state index in [2.05, 4.69) is 15.9 Å². The smallest absolute Gasteiger partial charge is 0.122 e. The number of methoxy groups -OCH3 is 1. The Morgan fingerprint density at radius 1 is 1.15 bits per heavy atom. The van der Waals surface area contributed by atoms with Crippen LogP contribution >= 0.6 is 27.5 Å². The summed E-state index contributed by atoms with van der Waals surface area (Å²) in [5.74, 6) is 0.879. The van der Waals surface area contributed by atoms with Crippen LogP contribution in [0.15, 0.2) is 46.9 Å². The normalized spacial score (nSPS) is 12.2. The lowest BCUT2D eigenvalue weighted by molar-refractivity contribution is 0.408. The molecule has 2 nitrogen and oxygen atoms in total. The molecule has 106 valence electrons. The summed E-state index contributed by atoms with van der Waals surface area (Å²) in [5, 5.41) is 0.745. The summed E-state index contributed by atoms with van der Waals surface area (Å²) in [7, 11) is 1.68. The summed E-state index contributed by atoms with van der Waals surface area (Å²) >= 11 is 9.63. The first-order valence-corrected chi connectivity index (χ1v) is 7.58. The molecule has 0 radical (unpaired) electrons. The second-order valence-corrected chi connectivity index (χ2v) is 6.04. The summed E-state index contributed by atoms with van der Waals surface area (Å²) in [6.07, 6.45) is 1.50. The third-order valence-corrected chi connectivity index (χ3v) is 4.02. The van der Waals surface area contributed by atoms with Crippen LogP contribution in [0.1, 0.15) is 11.1 Å². The summed E-state index contributed by atoms with van der Waals surface area (Å²) < 4.78 is 6.32. The number of nitrogens with two attached hydrogens (primary N) is 1. The van der Waals surface area contributed by atoms with Gasteiger partial charge in [-0.3, -0.25) is 0 Å². The fraction of sp³-hybridized carbons (Fsp3) is 0.250. The molecule has 20 heavy (non-hydrogen) atoms. The molecule has 1 atom stereocenters. The number of hydrogen-bond donors (Lipinski definition) is 1. The monoisotopic (exact) mass is 353 g/mol. The molecule has 0 bridgehead atoms. The van der Waals surface area contributed by atoms with Gasteiger partial charge in [-0.2, -0.15) is 0 Å². The van der Waals surface area contributed by atoms with Crippen molar-refractivity contribution in [1.82, 2.24) is 0 Å². The zero-order chi connectivity index (χ0) is 14.5. The van der Waals surface area contributed by atoms with Crippen LogP contribution in [0.2, 0.25) is 5.02 Å². The number of halogens is 2. The summed E-state index contributed by atoms with van der Waals surface area (Å²) in [6.45, 7) is 0. The van der Waals surface area contributed by atoms with E-state index in [1.807, 2.05) is 42.5 Å². The van der Waals surface area contributed by atoms with Crippen molar-refractivity contribution in [2.24, 2.45) is 5.73 Å². The maximum atomic E-state index is 6.24. The third kappa shape index (κ3) is 3.98. The number of hydrogen-bond acceptors (Lipinski definition) is 2. The van der Waals surface area contributed by atoms with Gasteiger partial charge < -0.3 is 10.5 Å². The van der Waals surface area contributed by atoms with Gasteiger partial charge >= 0.3 is 0 Å². The minimum Gasteiger partial charge on any atom is -0.496 e. The van der Waals surface area contributed by atoms with E-state index in [0.29, 0.717) is 0 Å². The van der Waals surface area contributed by atoms with Crippen LogP contribution in [-0.4, -0.2) is 13.2 Å². The Bertz CT molecular complexity index is 588. The molecule has 1 unspecified atom stereocenters. The van der Waals surface area contributed by atoms with Crippen LogP contribution in [0.3, 0.4) is 0 Å². The van der Waals surface area contributed by atoms with Crippen molar-refractivity contribution in [3.63, 3.8) is 0 Å². The van der Waals surface area contributed by atoms with Gasteiger partial charge in [0.2, 0.25) is 0 Å². The maximum Gasteiger partial charge on any atom is 0.122 e. The zero-order valence-electron chi connectivity index (χ0n) is 11.3. The maximum absolute atomic E-state index is 6.24. The van der Waals surface area contributed by atoms with Crippen LogP contribution < -0.4 is 10.5 Å². The van der Waals surface area contributed by atoms with Crippen LogP contribution in [-0.2, 0) is 12.8 Å². The predicted molar refractivity (Wildman–Crippen MR) is 87.5 cm³/mol. The number of benzene rings is 2. The summed E-state index contributed by atoms with van der Waals surface area (Å²) in [6, 6.07) is 13.8. The molecule has 2 rings (SSSR count). The van der Waals surface area contributed by atoms with E-state index in [-0.39, 0.29) is 6.04 Å². The molecule has 0 saturated heterocycles. The predicted octanol–water partition coefficient (Wildman–Crippen LogP) is 4.22. The highest BCUT2D eigenvalue weighted by molar-refractivity contribution is 9.10. The number of para-hydroxylation sites is 1. The lowest BCUT2D eigenvalue weighted by atomic mass is 9.99. The fourth-order valence-electron chi connectivity index (χ4n) is 2.20. The van der Waals surface area contributed by atoms with Crippen molar-refractivity contribution < 1.29 is 4.74 Å². The van der Waals surface area contributed by atoms with Gasteiger partial charge in [-0.05, 0) is 42.2 Å². The van der Waals surface area contributed by atoms with Gasteiger partial charge in [0.05, 0.1) is 7.11 Å². The van der Waals surface area contributed by atoms with Gasteiger partial charge in [0.15, 0.2) is 0 Å². The average Bonchev–Trinajstić information content (AvgIpc) is 2.42. The van der Waals surface area contributed by atoms with Crippen LogP contribution in [0.5, 0.6) is 5.75 Å². The molecule has 0 aliphatic carbocycles. The molecular formula is C16H17BrClNO. The zero-order valence-corrected chi connectivity index (χ0v) is 13.6. The minimum absolute atomic E-state index is 0.00461. The van der Waals surface area contributed by atoms with Crippen LogP contribution in [0, 0.1) is 0 Å². The average molecular weight is 355 g/mol. The molecule has 2 aromatic rings. The van der Waals surface area contributed by atoms with E-state index >= 15 is 0 Å². The van der Waals surface area contributed by atoms with Gasteiger partial charge in [-0.15, -0.1) is 0 Å². The Morgan fingerprint density at radius 2 is 1.85 bits per heavy atom. The number of ether oxygens (including phenoxy) is 1. The largest absolute Gasteiger partial charge is 0.496 e. The molecule has 4 heteroatoms. The lowest BCUT2D eigenvalue weighted by Crippen LogP contribution is -2.25. The molecule has 0 aliphatic heterocycles. The van der Waals surface area contributed by atoms with Crippen molar-refractivity contribution in [3.05, 3.63) is 63.1 Å². The van der Waals surface area contributed by atoms with Crippen LogP contribution in [0.25, 0.3) is 0 Å². The first kappa shape index (κ1) is 15.4. The summed E-state index contributed by atoms with van der Waals surface area (Å²) in [4.78, 5) is 0. The third-order valence-electron chi connectivity index (χ3n) is 3.17. The first-order chi connectivity index (χ1) is 9.60. The van der Waals surface area contributed by atoms with Crippen molar-refractivity contribution >= 4 is 27.5 Å². The molecule has 0 amide bonds. The standard InChI is InChI=1S/C16H17BrClNO/c1-20-16-5-3-2-4-12(16)9-14(19)8-11-6-7-13(17)10-15(11)18/h2-7,10,14H,8-9,19H2,1H3. The molecule has 2 aromatic carbocycles. The van der Waals surface area contributed by atoms with E-state index < -0.39 is 0 Å². The van der Waals surface area contributed by atoms with E-state index in [1.54, 1.807) is 7.11 Å². The Hall–Kier alpha value is -1.03. The molecule has 0 heterocycles. The molecule has 0 saturated carbocycles. The van der Waals surface area contributed by atoms with Crippen molar-refractivity contribution in [2.45, 2.75) is 18.9 Å². The highest BCUT2D eigenvalue weighted by Crippen LogP contribution is 2.24. The van der Waals surface area contributed by atoms with Gasteiger partial charge in [0.25, 0.3) is 0 Å². The van der Waals surface area contributed by atoms with Gasteiger partial charge in [-0.25, -0.2) is 0 Å². The molecule has 0 fully saturated rings. The van der Waals surface area contributed by atoms with E-state index in [1.165, 1.54) is 0 Å². The lowest BCUT2D eigenvalue weighted by Gasteiger charge is -2.15. The first-order valence-electron chi connectivity index (χ1n) is 6.41. The minimum atomic E-state index is 0.00461. The SMILES string of the molecule is COc1ccccc1CC(N)Cc1ccc(Br)cc1Cl. The number of rotatable bonds is 5. The van der Waals surface area contributed by atoms with Crippen LogP contribution in [0.4, 0.5) is 0 Å². The molecule has 2 N–H and O–H groups in total. The highest BCUT2D eigenvalue weighted by Gasteiger charge is 2.11. The summed E-state index contributed by atoms with van der Waals surface area (Å²) in [5.41, 5.74) is 8.43. The fourth-order valence-corrected chi connectivity index (χ4v) is 2.95. The van der Waals surface area contributed by atoms with Crippen molar-refractivity contribution in [2.75, 3.05) is 7.11 Å².